The molecule has 106 valence electrons. The molecule has 1 aromatic rings. The summed E-state index contributed by atoms with van der Waals surface area (Å²) in [5.74, 6) is 0. The second-order valence-electron chi connectivity index (χ2n) is 4.67. The quantitative estimate of drug-likeness (QED) is 0.837. The molecule has 1 saturated heterocycles. The fourth-order valence-corrected chi connectivity index (χ4v) is 3.85. The fourth-order valence-electron chi connectivity index (χ4n) is 2.22. The number of rotatable bonds is 5. The molecule has 0 saturated carbocycles. The van der Waals surface area contributed by atoms with Crippen LogP contribution in [-0.4, -0.2) is 33.4 Å². The molecular formula is C13H20N2O3S. The summed E-state index contributed by atoms with van der Waals surface area (Å²) in [7, 11) is -3.35. The minimum Gasteiger partial charge on any atom is -0.381 e. The van der Waals surface area contributed by atoms with Crippen molar-refractivity contribution in [1.29, 1.82) is 0 Å². The molecule has 3 N–H and O–H groups in total. The van der Waals surface area contributed by atoms with Gasteiger partial charge in [0.25, 0.3) is 0 Å². The van der Waals surface area contributed by atoms with E-state index in [1.165, 1.54) is 0 Å². The average molecular weight is 284 g/mol. The van der Waals surface area contributed by atoms with Gasteiger partial charge in [0.2, 0.25) is 10.0 Å². The van der Waals surface area contributed by atoms with Crippen LogP contribution in [0.5, 0.6) is 0 Å². The maximum Gasteiger partial charge on any atom is 0.215 e. The number of ether oxygens (including phenoxy) is 1. The van der Waals surface area contributed by atoms with Crippen molar-refractivity contribution in [3.05, 3.63) is 35.9 Å². The van der Waals surface area contributed by atoms with Gasteiger partial charge in [-0.15, -0.1) is 0 Å². The zero-order valence-electron chi connectivity index (χ0n) is 10.8. The number of nitrogens with two attached hydrogens (primary N) is 1. The third-order valence-corrected chi connectivity index (χ3v) is 5.31. The predicted molar refractivity (Wildman–Crippen MR) is 74.1 cm³/mol. The van der Waals surface area contributed by atoms with Crippen molar-refractivity contribution in [3.63, 3.8) is 0 Å². The van der Waals surface area contributed by atoms with E-state index in [1.54, 1.807) is 0 Å². The van der Waals surface area contributed by atoms with Gasteiger partial charge in [0.1, 0.15) is 0 Å². The van der Waals surface area contributed by atoms with Gasteiger partial charge >= 0.3 is 0 Å². The zero-order chi connectivity index (χ0) is 13.7. The molecule has 1 unspecified atom stereocenters. The van der Waals surface area contributed by atoms with E-state index in [-0.39, 0.29) is 17.8 Å². The molecule has 2 rings (SSSR count). The van der Waals surface area contributed by atoms with Crippen LogP contribution in [0.1, 0.15) is 24.4 Å². The summed E-state index contributed by atoms with van der Waals surface area (Å²) >= 11 is 0. The summed E-state index contributed by atoms with van der Waals surface area (Å²) in [5, 5.41) is -0.376. The average Bonchev–Trinajstić information content (AvgIpc) is 2.47. The third-order valence-electron chi connectivity index (χ3n) is 3.35. The van der Waals surface area contributed by atoms with Gasteiger partial charge in [-0.2, -0.15) is 0 Å². The molecule has 1 aromatic carbocycles. The Morgan fingerprint density at radius 1 is 1.26 bits per heavy atom. The fraction of sp³-hybridized carbons (Fsp3) is 0.538. The van der Waals surface area contributed by atoms with Crippen LogP contribution >= 0.6 is 0 Å². The van der Waals surface area contributed by atoms with E-state index in [0.717, 1.165) is 5.56 Å². The first-order valence-electron chi connectivity index (χ1n) is 6.47. The largest absolute Gasteiger partial charge is 0.381 e. The highest BCUT2D eigenvalue weighted by molar-refractivity contribution is 7.90. The van der Waals surface area contributed by atoms with Gasteiger partial charge in [-0.05, 0) is 18.4 Å². The van der Waals surface area contributed by atoms with Crippen molar-refractivity contribution in [2.75, 3.05) is 19.8 Å². The lowest BCUT2D eigenvalue weighted by atomic mass is 10.1. The van der Waals surface area contributed by atoms with E-state index in [1.807, 2.05) is 30.3 Å². The molecule has 19 heavy (non-hydrogen) atoms. The van der Waals surface area contributed by atoms with Crippen molar-refractivity contribution >= 4 is 10.0 Å². The molecule has 0 amide bonds. The summed E-state index contributed by atoms with van der Waals surface area (Å²) in [6.07, 6.45) is 1.09. The van der Waals surface area contributed by atoms with E-state index in [2.05, 4.69) is 4.72 Å². The normalized spacial score (nSPS) is 19.2. The van der Waals surface area contributed by atoms with Gasteiger partial charge in [0.15, 0.2) is 0 Å². The Balaban J connectivity index is 2.09. The lowest BCUT2D eigenvalue weighted by Gasteiger charge is -2.25. The molecule has 0 aromatic heterocycles. The van der Waals surface area contributed by atoms with Crippen LogP contribution in [0, 0.1) is 0 Å². The number of sulfonamides is 1. The molecule has 1 heterocycles. The highest BCUT2D eigenvalue weighted by Crippen LogP contribution is 2.19. The molecule has 0 bridgehead atoms. The maximum atomic E-state index is 12.3. The van der Waals surface area contributed by atoms with Crippen molar-refractivity contribution in [2.45, 2.75) is 24.1 Å². The van der Waals surface area contributed by atoms with Gasteiger partial charge in [-0.25, -0.2) is 13.1 Å². The second kappa shape index (κ2) is 6.47. The summed E-state index contributed by atoms with van der Waals surface area (Å²) in [4.78, 5) is 0. The van der Waals surface area contributed by atoms with Crippen LogP contribution in [0.15, 0.2) is 30.3 Å². The number of nitrogens with one attached hydrogen (secondary N) is 1. The number of benzene rings is 1. The van der Waals surface area contributed by atoms with Crippen molar-refractivity contribution in [3.8, 4) is 0 Å². The Bertz CT molecular complexity index is 484. The molecule has 1 atom stereocenters. The molecule has 6 heteroatoms. The summed E-state index contributed by atoms with van der Waals surface area (Å²) < 4.78 is 32.5. The summed E-state index contributed by atoms with van der Waals surface area (Å²) in [6.45, 7) is 1.25. The van der Waals surface area contributed by atoms with E-state index in [9.17, 15) is 8.42 Å². The minimum atomic E-state index is -3.35. The van der Waals surface area contributed by atoms with Gasteiger partial charge < -0.3 is 10.5 Å². The van der Waals surface area contributed by atoms with Crippen LogP contribution in [0.2, 0.25) is 0 Å². The van der Waals surface area contributed by atoms with Crippen molar-refractivity contribution in [2.24, 2.45) is 5.73 Å². The Kier molecular flexibility index (Phi) is 4.93. The Hall–Kier alpha value is -0.950. The molecule has 1 fully saturated rings. The van der Waals surface area contributed by atoms with Crippen molar-refractivity contribution in [1.82, 2.24) is 4.72 Å². The van der Waals surface area contributed by atoms with Crippen LogP contribution in [0.4, 0.5) is 0 Å². The molecule has 0 aliphatic carbocycles. The van der Waals surface area contributed by atoms with Gasteiger partial charge in [-0.3, -0.25) is 0 Å². The van der Waals surface area contributed by atoms with E-state index in [0.29, 0.717) is 26.1 Å². The smallest absolute Gasteiger partial charge is 0.215 e. The van der Waals surface area contributed by atoms with Gasteiger partial charge in [0, 0.05) is 19.8 Å². The lowest BCUT2D eigenvalue weighted by molar-refractivity contribution is 0.0981. The number of hydrogen-bond acceptors (Lipinski definition) is 4. The first-order valence-corrected chi connectivity index (χ1v) is 8.02. The van der Waals surface area contributed by atoms with E-state index < -0.39 is 10.0 Å². The van der Waals surface area contributed by atoms with Crippen molar-refractivity contribution < 1.29 is 13.2 Å². The molecule has 0 spiro atoms. The highest BCUT2D eigenvalue weighted by Gasteiger charge is 2.29. The van der Waals surface area contributed by atoms with Gasteiger partial charge in [0.05, 0.1) is 11.3 Å². The standard InChI is InChI=1S/C13H20N2O3S/c14-10-13(11-4-2-1-3-5-11)15-19(16,17)12-6-8-18-9-7-12/h1-5,12-13,15H,6-10,14H2. The molecule has 5 nitrogen and oxygen atoms in total. The monoisotopic (exact) mass is 284 g/mol. The Morgan fingerprint density at radius 2 is 1.89 bits per heavy atom. The first-order chi connectivity index (χ1) is 9.13. The molecule has 0 radical (unpaired) electrons. The lowest BCUT2D eigenvalue weighted by Crippen LogP contribution is -2.41. The predicted octanol–water partition coefficient (Wildman–Crippen LogP) is 0.785. The van der Waals surface area contributed by atoms with E-state index in [4.69, 9.17) is 10.5 Å². The highest BCUT2D eigenvalue weighted by atomic mass is 32.2. The summed E-state index contributed by atoms with van der Waals surface area (Å²) in [6, 6.07) is 9.04. The van der Waals surface area contributed by atoms with Crippen LogP contribution in [0.25, 0.3) is 0 Å². The SMILES string of the molecule is NCC(NS(=O)(=O)C1CCOCC1)c1ccccc1. The molecular weight excluding hydrogens is 264 g/mol. The maximum absolute atomic E-state index is 12.3. The first kappa shape index (κ1) is 14.5. The van der Waals surface area contributed by atoms with Gasteiger partial charge in [-0.1, -0.05) is 30.3 Å². The van der Waals surface area contributed by atoms with Crippen LogP contribution in [0.3, 0.4) is 0 Å². The number of hydrogen-bond donors (Lipinski definition) is 2. The second-order valence-corrected chi connectivity index (χ2v) is 6.67. The third kappa shape index (κ3) is 3.76. The zero-order valence-corrected chi connectivity index (χ0v) is 11.6. The Labute approximate surface area is 114 Å². The van der Waals surface area contributed by atoms with E-state index >= 15 is 0 Å². The Morgan fingerprint density at radius 3 is 2.47 bits per heavy atom. The summed E-state index contributed by atoms with van der Waals surface area (Å²) in [5.41, 5.74) is 6.58. The molecule has 1 aliphatic rings. The van der Waals surface area contributed by atoms with Crippen LogP contribution in [-0.2, 0) is 14.8 Å². The minimum absolute atomic E-state index is 0.243. The van der Waals surface area contributed by atoms with Crippen LogP contribution < -0.4 is 10.5 Å². The topological polar surface area (TPSA) is 81.4 Å². The molecule has 1 aliphatic heterocycles.